The van der Waals surface area contributed by atoms with Crippen LogP contribution in [0.1, 0.15) is 48.0 Å². The normalized spacial score (nSPS) is 15.2. The van der Waals surface area contributed by atoms with Crippen molar-refractivity contribution in [2.75, 3.05) is 0 Å². The van der Waals surface area contributed by atoms with Gasteiger partial charge in [0.05, 0.1) is 12.4 Å². The van der Waals surface area contributed by atoms with Crippen molar-refractivity contribution in [1.29, 1.82) is 0 Å². The molecule has 0 bridgehead atoms. The topological polar surface area (TPSA) is 119 Å². The largest absolute Gasteiger partial charge is 0.457 e. The van der Waals surface area contributed by atoms with Crippen LogP contribution in [-0.4, -0.2) is 45.9 Å². The molecule has 0 aromatic rings. The Morgan fingerprint density at radius 2 is 1.62 bits per heavy atom. The lowest BCUT2D eigenvalue weighted by molar-refractivity contribution is -0.147. The van der Waals surface area contributed by atoms with Gasteiger partial charge in [0.1, 0.15) is 18.0 Å². The highest BCUT2D eigenvalue weighted by Crippen LogP contribution is 2.21. The average Bonchev–Trinajstić information content (AvgIpc) is 2.55. The Bertz CT molecular complexity index is 742. The van der Waals surface area contributed by atoms with Gasteiger partial charge in [0, 0.05) is 32.8 Å². The maximum Gasteiger partial charge on any atom is 0.307 e. The summed E-state index contributed by atoms with van der Waals surface area (Å²) >= 11 is 0. The minimum atomic E-state index is -1.81. The summed E-state index contributed by atoms with van der Waals surface area (Å²) in [6, 6.07) is 0. The van der Waals surface area contributed by atoms with Crippen molar-refractivity contribution >= 4 is 17.9 Å². The number of rotatable bonds is 8. The van der Waals surface area contributed by atoms with Gasteiger partial charge in [-0.1, -0.05) is 17.4 Å². The standard InChI is InChI=1S/C21H28O8/c1-14(2)8-7-10-21(6,26)20(25)12-19(29-17(5)24)18(13-28-16(4)23)9-11-27-15(3)22/h8-9,11,13,19-20,25-26H,12H2,1-6H3/b11-9+,18-13-/t19-,20-,21?/m0/s1. The first-order valence-corrected chi connectivity index (χ1v) is 8.80. The van der Waals surface area contributed by atoms with E-state index in [1.54, 1.807) is 6.08 Å². The summed E-state index contributed by atoms with van der Waals surface area (Å²) in [6.45, 7) is 8.50. The highest BCUT2D eigenvalue weighted by molar-refractivity contribution is 5.68. The van der Waals surface area contributed by atoms with Gasteiger partial charge in [-0.2, -0.15) is 0 Å². The molecule has 0 fully saturated rings. The molecule has 0 aliphatic heterocycles. The molecule has 8 heteroatoms. The maximum absolute atomic E-state index is 11.5. The summed E-state index contributed by atoms with van der Waals surface area (Å²) < 4.78 is 14.7. The number of aliphatic hydroxyl groups is 2. The number of aliphatic hydroxyl groups excluding tert-OH is 1. The van der Waals surface area contributed by atoms with Crippen LogP contribution >= 0.6 is 0 Å². The minimum Gasteiger partial charge on any atom is -0.457 e. The van der Waals surface area contributed by atoms with E-state index in [0.29, 0.717) is 0 Å². The molecular formula is C21H28O8. The fourth-order valence-electron chi connectivity index (χ4n) is 1.88. The number of allylic oxidation sites excluding steroid dienone is 2. The zero-order valence-corrected chi connectivity index (χ0v) is 17.5. The lowest BCUT2D eigenvalue weighted by Gasteiger charge is -2.27. The lowest BCUT2D eigenvalue weighted by Crippen LogP contribution is -2.41. The summed E-state index contributed by atoms with van der Waals surface area (Å²) in [4.78, 5) is 33.6. The predicted molar refractivity (Wildman–Crippen MR) is 105 cm³/mol. The van der Waals surface area contributed by atoms with E-state index in [0.717, 1.165) is 25.0 Å². The van der Waals surface area contributed by atoms with Gasteiger partial charge in [-0.15, -0.1) is 0 Å². The number of hydrogen-bond donors (Lipinski definition) is 2. The van der Waals surface area contributed by atoms with Gasteiger partial charge in [-0.25, -0.2) is 0 Å². The molecule has 160 valence electrons. The van der Waals surface area contributed by atoms with Gasteiger partial charge in [-0.3, -0.25) is 14.4 Å². The van der Waals surface area contributed by atoms with Gasteiger partial charge in [0.15, 0.2) is 0 Å². The van der Waals surface area contributed by atoms with Crippen LogP contribution in [0.4, 0.5) is 0 Å². The lowest BCUT2D eigenvalue weighted by atomic mass is 9.92. The SMILES string of the molecule is CC(=O)O/C=C(/C=C/OC(C)=O)[C@H](C[C@H](O)C(C)(O)C#CC=C(C)C)OC(C)=O. The van der Waals surface area contributed by atoms with Crippen LogP contribution < -0.4 is 0 Å². The summed E-state index contributed by atoms with van der Waals surface area (Å²) in [7, 11) is 0. The van der Waals surface area contributed by atoms with Crippen molar-refractivity contribution in [3.05, 3.63) is 35.8 Å². The van der Waals surface area contributed by atoms with Crippen LogP contribution in [0.5, 0.6) is 0 Å². The van der Waals surface area contributed by atoms with Gasteiger partial charge in [-0.05, 0) is 32.9 Å². The van der Waals surface area contributed by atoms with E-state index in [-0.39, 0.29) is 12.0 Å². The van der Waals surface area contributed by atoms with E-state index < -0.39 is 35.7 Å². The summed E-state index contributed by atoms with van der Waals surface area (Å²) in [6.07, 6.45) is 2.04. The van der Waals surface area contributed by atoms with Crippen molar-refractivity contribution < 1.29 is 38.8 Å². The van der Waals surface area contributed by atoms with E-state index >= 15 is 0 Å². The van der Waals surface area contributed by atoms with E-state index in [4.69, 9.17) is 14.2 Å². The molecule has 0 saturated heterocycles. The predicted octanol–water partition coefficient (Wildman–Crippen LogP) is 1.91. The van der Waals surface area contributed by atoms with Gasteiger partial charge in [0.2, 0.25) is 0 Å². The fraction of sp³-hybridized carbons (Fsp3) is 0.476. The monoisotopic (exact) mass is 408 g/mol. The molecule has 0 spiro atoms. The van der Waals surface area contributed by atoms with Crippen LogP contribution in [0.15, 0.2) is 35.8 Å². The molecule has 1 unspecified atom stereocenters. The van der Waals surface area contributed by atoms with Gasteiger partial charge < -0.3 is 24.4 Å². The second kappa shape index (κ2) is 12.5. The molecule has 29 heavy (non-hydrogen) atoms. The Morgan fingerprint density at radius 3 is 2.10 bits per heavy atom. The van der Waals surface area contributed by atoms with Crippen molar-refractivity contribution in [1.82, 2.24) is 0 Å². The second-order valence-corrected chi connectivity index (χ2v) is 6.63. The molecule has 2 N–H and O–H groups in total. The Balaban J connectivity index is 5.75. The molecule has 0 aliphatic rings. The first kappa shape index (κ1) is 26.1. The minimum absolute atomic E-state index is 0.115. The third-order valence-corrected chi connectivity index (χ3v) is 3.31. The Hall–Kier alpha value is -2.89. The third-order valence-electron chi connectivity index (χ3n) is 3.31. The number of hydrogen-bond acceptors (Lipinski definition) is 8. The number of esters is 3. The molecule has 0 rings (SSSR count). The average molecular weight is 408 g/mol. The molecule has 8 nitrogen and oxygen atoms in total. The molecule has 0 aromatic carbocycles. The van der Waals surface area contributed by atoms with E-state index in [2.05, 4.69) is 11.8 Å². The van der Waals surface area contributed by atoms with Crippen LogP contribution in [0.2, 0.25) is 0 Å². The second-order valence-electron chi connectivity index (χ2n) is 6.63. The molecule has 0 aromatic heterocycles. The Labute approximate surface area is 170 Å². The third kappa shape index (κ3) is 12.2. The highest BCUT2D eigenvalue weighted by Gasteiger charge is 2.33. The first-order valence-electron chi connectivity index (χ1n) is 8.80. The Kier molecular flexibility index (Phi) is 11.3. The number of ether oxygens (including phenoxy) is 3. The molecule has 0 amide bonds. The van der Waals surface area contributed by atoms with Crippen LogP contribution in [0.3, 0.4) is 0 Å². The van der Waals surface area contributed by atoms with Crippen LogP contribution in [0, 0.1) is 11.8 Å². The van der Waals surface area contributed by atoms with Crippen molar-refractivity contribution in [2.45, 2.75) is 65.8 Å². The molecular weight excluding hydrogens is 380 g/mol. The molecule has 0 saturated carbocycles. The number of carbonyl (C=O) groups excluding carboxylic acids is 3. The van der Waals surface area contributed by atoms with Crippen molar-refractivity contribution in [3.63, 3.8) is 0 Å². The van der Waals surface area contributed by atoms with E-state index in [1.165, 1.54) is 26.8 Å². The number of carbonyl (C=O) groups is 3. The zero-order chi connectivity index (χ0) is 22.6. The van der Waals surface area contributed by atoms with Crippen LogP contribution in [0.25, 0.3) is 0 Å². The fourth-order valence-corrected chi connectivity index (χ4v) is 1.88. The Morgan fingerprint density at radius 1 is 1.03 bits per heavy atom. The van der Waals surface area contributed by atoms with Crippen molar-refractivity contribution in [3.8, 4) is 11.8 Å². The summed E-state index contributed by atoms with van der Waals surface area (Å²) in [5.74, 6) is 3.30. The maximum atomic E-state index is 11.5. The summed E-state index contributed by atoms with van der Waals surface area (Å²) in [5, 5.41) is 20.9. The van der Waals surface area contributed by atoms with Crippen LogP contribution in [-0.2, 0) is 28.6 Å². The smallest absolute Gasteiger partial charge is 0.307 e. The molecule has 0 radical (unpaired) electrons. The molecule has 0 aliphatic carbocycles. The quantitative estimate of drug-likeness (QED) is 0.206. The van der Waals surface area contributed by atoms with Gasteiger partial charge >= 0.3 is 17.9 Å². The van der Waals surface area contributed by atoms with E-state index in [1.807, 2.05) is 13.8 Å². The molecule has 3 atom stereocenters. The molecule has 0 heterocycles. The van der Waals surface area contributed by atoms with E-state index in [9.17, 15) is 24.6 Å². The van der Waals surface area contributed by atoms with Gasteiger partial charge in [0.25, 0.3) is 0 Å². The first-order chi connectivity index (χ1) is 13.3. The van der Waals surface area contributed by atoms with Crippen molar-refractivity contribution in [2.24, 2.45) is 0 Å². The summed E-state index contributed by atoms with van der Waals surface area (Å²) in [5.41, 5.74) is -0.775. The highest BCUT2D eigenvalue weighted by atomic mass is 16.6. The zero-order valence-electron chi connectivity index (χ0n) is 17.5.